The summed E-state index contributed by atoms with van der Waals surface area (Å²) >= 11 is 0. The van der Waals surface area contributed by atoms with Gasteiger partial charge in [-0.15, -0.1) is 0 Å². The largest absolute Gasteiger partial charge is 0.497 e. The molecule has 0 saturated carbocycles. The fraction of sp³-hybridized carbons (Fsp3) is 0.231. The third-order valence-electron chi connectivity index (χ3n) is 2.70. The van der Waals surface area contributed by atoms with Gasteiger partial charge in [-0.1, -0.05) is 0 Å². The number of nitrogens with zero attached hydrogens (tertiary/aromatic N) is 2. The Bertz CT molecular complexity index is 593. The highest BCUT2D eigenvalue weighted by Crippen LogP contribution is 2.23. The number of anilines is 1. The van der Waals surface area contributed by atoms with Crippen LogP contribution in [0.2, 0.25) is 0 Å². The number of aryl methyl sites for hydroxylation is 1. The number of hydrogen-bond donors (Lipinski definition) is 2. The minimum atomic E-state index is -0.976. The quantitative estimate of drug-likeness (QED) is 0.857. The molecule has 6 nitrogen and oxygen atoms in total. The molecule has 0 spiro atoms. The number of nitrogens with one attached hydrogen (secondary N) is 1. The molecular weight excluding hydrogens is 246 g/mol. The Hall–Kier alpha value is -2.50. The van der Waals surface area contributed by atoms with Crippen LogP contribution in [0.3, 0.4) is 0 Å². The highest BCUT2D eigenvalue weighted by molar-refractivity contribution is 5.94. The van der Waals surface area contributed by atoms with Crippen molar-refractivity contribution in [2.24, 2.45) is 7.05 Å². The normalized spacial score (nSPS) is 10.2. The predicted molar refractivity (Wildman–Crippen MR) is 70.5 cm³/mol. The van der Waals surface area contributed by atoms with E-state index in [1.807, 2.05) is 13.2 Å². The third-order valence-corrected chi connectivity index (χ3v) is 2.70. The van der Waals surface area contributed by atoms with Crippen LogP contribution in [0, 0.1) is 0 Å². The Morgan fingerprint density at radius 3 is 2.89 bits per heavy atom. The van der Waals surface area contributed by atoms with Crippen molar-refractivity contribution in [3.8, 4) is 5.75 Å². The monoisotopic (exact) mass is 261 g/mol. The maximum Gasteiger partial charge on any atom is 0.337 e. The summed E-state index contributed by atoms with van der Waals surface area (Å²) in [5.41, 5.74) is 1.71. The molecule has 6 heteroatoms. The molecule has 0 fully saturated rings. The second-order valence-corrected chi connectivity index (χ2v) is 4.09. The van der Waals surface area contributed by atoms with Gasteiger partial charge < -0.3 is 15.2 Å². The summed E-state index contributed by atoms with van der Waals surface area (Å²) < 4.78 is 6.79. The van der Waals surface area contributed by atoms with Crippen LogP contribution in [0.1, 0.15) is 15.9 Å². The lowest BCUT2D eigenvalue weighted by atomic mass is 10.1. The number of rotatable bonds is 5. The van der Waals surface area contributed by atoms with E-state index >= 15 is 0 Å². The van der Waals surface area contributed by atoms with Crippen molar-refractivity contribution in [3.05, 3.63) is 41.7 Å². The standard InChI is InChI=1S/C13H15N3O3/c1-16-8-9(7-15-16)6-14-12-5-10(19-2)3-4-11(12)13(17)18/h3-5,7-8,14H,6H2,1-2H3,(H,17,18). The van der Waals surface area contributed by atoms with Crippen LogP contribution in [0.25, 0.3) is 0 Å². The van der Waals surface area contributed by atoms with E-state index in [2.05, 4.69) is 10.4 Å². The Balaban J connectivity index is 2.19. The van der Waals surface area contributed by atoms with E-state index in [9.17, 15) is 4.79 Å². The zero-order valence-corrected chi connectivity index (χ0v) is 10.8. The van der Waals surface area contributed by atoms with Gasteiger partial charge in [0.05, 0.1) is 24.6 Å². The van der Waals surface area contributed by atoms with E-state index in [0.717, 1.165) is 5.56 Å². The first-order valence-corrected chi connectivity index (χ1v) is 5.73. The topological polar surface area (TPSA) is 76.4 Å². The van der Waals surface area contributed by atoms with Crippen LogP contribution in [-0.4, -0.2) is 28.0 Å². The predicted octanol–water partition coefficient (Wildman–Crippen LogP) is 1.74. The fourth-order valence-corrected chi connectivity index (χ4v) is 1.74. The maximum atomic E-state index is 11.1. The van der Waals surface area contributed by atoms with E-state index in [1.165, 1.54) is 6.07 Å². The molecule has 1 aromatic carbocycles. The number of aromatic carboxylic acids is 1. The average molecular weight is 261 g/mol. The first kappa shape index (κ1) is 12.9. The smallest absolute Gasteiger partial charge is 0.337 e. The maximum absolute atomic E-state index is 11.1. The molecule has 0 atom stereocenters. The van der Waals surface area contributed by atoms with Crippen molar-refractivity contribution < 1.29 is 14.6 Å². The summed E-state index contributed by atoms with van der Waals surface area (Å²) in [7, 11) is 3.37. The van der Waals surface area contributed by atoms with E-state index in [1.54, 1.807) is 30.1 Å². The Morgan fingerprint density at radius 1 is 1.53 bits per heavy atom. The van der Waals surface area contributed by atoms with Gasteiger partial charge in [-0.25, -0.2) is 4.79 Å². The average Bonchev–Trinajstić information content (AvgIpc) is 2.81. The SMILES string of the molecule is COc1ccc(C(=O)O)c(NCc2cnn(C)c2)c1. The molecule has 0 amide bonds. The third kappa shape index (κ3) is 3.04. The number of carboxylic acids is 1. The van der Waals surface area contributed by atoms with Crippen LogP contribution in [0.5, 0.6) is 5.75 Å². The summed E-state index contributed by atoms with van der Waals surface area (Å²) in [5, 5.41) is 16.3. The van der Waals surface area contributed by atoms with E-state index < -0.39 is 5.97 Å². The summed E-state index contributed by atoms with van der Waals surface area (Å²) in [6.45, 7) is 0.501. The molecule has 2 N–H and O–H groups in total. The number of hydrogen-bond acceptors (Lipinski definition) is 4. The van der Waals surface area contributed by atoms with Crippen molar-refractivity contribution >= 4 is 11.7 Å². The van der Waals surface area contributed by atoms with Crippen LogP contribution in [0.4, 0.5) is 5.69 Å². The second-order valence-electron chi connectivity index (χ2n) is 4.09. The molecule has 1 heterocycles. The lowest BCUT2D eigenvalue weighted by molar-refractivity contribution is 0.0698. The Labute approximate surface area is 110 Å². The van der Waals surface area contributed by atoms with Crippen LogP contribution in [-0.2, 0) is 13.6 Å². The lowest BCUT2D eigenvalue weighted by Crippen LogP contribution is -2.06. The first-order valence-electron chi connectivity index (χ1n) is 5.73. The molecule has 0 radical (unpaired) electrons. The Kier molecular flexibility index (Phi) is 3.70. The van der Waals surface area contributed by atoms with E-state index in [0.29, 0.717) is 18.0 Å². The van der Waals surface area contributed by atoms with Gasteiger partial charge in [0, 0.05) is 31.4 Å². The van der Waals surface area contributed by atoms with Crippen molar-refractivity contribution in [3.63, 3.8) is 0 Å². The van der Waals surface area contributed by atoms with Crippen molar-refractivity contribution in [1.29, 1.82) is 0 Å². The molecule has 0 unspecified atom stereocenters. The molecule has 0 aliphatic carbocycles. The van der Waals surface area contributed by atoms with Crippen LogP contribution in [0.15, 0.2) is 30.6 Å². The number of methoxy groups -OCH3 is 1. The van der Waals surface area contributed by atoms with Crippen LogP contribution >= 0.6 is 0 Å². The van der Waals surface area contributed by atoms with Crippen molar-refractivity contribution in [1.82, 2.24) is 9.78 Å². The zero-order valence-electron chi connectivity index (χ0n) is 10.8. The lowest BCUT2D eigenvalue weighted by Gasteiger charge is -2.10. The highest BCUT2D eigenvalue weighted by Gasteiger charge is 2.11. The summed E-state index contributed by atoms with van der Waals surface area (Å²) in [4.78, 5) is 11.1. The number of carboxylic acid groups (broad SMARTS) is 1. The number of ether oxygens (including phenoxy) is 1. The van der Waals surface area contributed by atoms with E-state index in [-0.39, 0.29) is 5.56 Å². The molecule has 1 aromatic heterocycles. The van der Waals surface area contributed by atoms with Gasteiger partial charge in [0.1, 0.15) is 5.75 Å². The van der Waals surface area contributed by atoms with Crippen LogP contribution < -0.4 is 10.1 Å². The van der Waals surface area contributed by atoms with Gasteiger partial charge in [0.15, 0.2) is 0 Å². The summed E-state index contributed by atoms with van der Waals surface area (Å²) in [6, 6.07) is 4.81. The van der Waals surface area contributed by atoms with Gasteiger partial charge in [0.2, 0.25) is 0 Å². The minimum Gasteiger partial charge on any atom is -0.497 e. The minimum absolute atomic E-state index is 0.213. The molecule has 0 saturated heterocycles. The Morgan fingerprint density at radius 2 is 2.32 bits per heavy atom. The highest BCUT2D eigenvalue weighted by atomic mass is 16.5. The molecule has 100 valence electrons. The van der Waals surface area contributed by atoms with Gasteiger partial charge in [-0.3, -0.25) is 4.68 Å². The van der Waals surface area contributed by atoms with Gasteiger partial charge in [0.25, 0.3) is 0 Å². The number of carbonyl (C=O) groups is 1. The molecule has 2 aromatic rings. The van der Waals surface area contributed by atoms with Crippen molar-refractivity contribution in [2.45, 2.75) is 6.54 Å². The molecule has 0 aliphatic rings. The van der Waals surface area contributed by atoms with Gasteiger partial charge in [-0.05, 0) is 12.1 Å². The van der Waals surface area contributed by atoms with Crippen molar-refractivity contribution in [2.75, 3.05) is 12.4 Å². The molecule has 0 aliphatic heterocycles. The first-order chi connectivity index (χ1) is 9.10. The molecule has 2 rings (SSSR count). The number of benzene rings is 1. The summed E-state index contributed by atoms with van der Waals surface area (Å²) in [5.74, 6) is -0.366. The van der Waals surface area contributed by atoms with E-state index in [4.69, 9.17) is 9.84 Å². The second kappa shape index (κ2) is 5.43. The summed E-state index contributed by atoms with van der Waals surface area (Å²) in [6.07, 6.45) is 3.60. The fourth-order valence-electron chi connectivity index (χ4n) is 1.74. The van der Waals surface area contributed by atoms with Gasteiger partial charge >= 0.3 is 5.97 Å². The molecule has 19 heavy (non-hydrogen) atoms. The molecule has 0 bridgehead atoms. The number of aromatic nitrogens is 2. The zero-order chi connectivity index (χ0) is 13.8. The van der Waals surface area contributed by atoms with Gasteiger partial charge in [-0.2, -0.15) is 5.10 Å². The molecular formula is C13H15N3O3.